The smallest absolute Gasteiger partial charge is 0.293 e. The fourth-order valence-corrected chi connectivity index (χ4v) is 5.19. The number of carbonyl (C=O) groups is 1. The Morgan fingerprint density at radius 1 is 0.900 bits per heavy atom. The fourth-order valence-electron chi connectivity index (χ4n) is 4.98. The Morgan fingerprint density at radius 3 is 2.27 bits per heavy atom. The van der Waals surface area contributed by atoms with Crippen LogP contribution in [0.15, 0.2) is 72.8 Å². The van der Waals surface area contributed by atoms with Gasteiger partial charge < -0.3 is 19.9 Å². The molecule has 0 unspecified atom stereocenters. The zero-order valence-electron chi connectivity index (χ0n) is 22.1. The van der Waals surface area contributed by atoms with Gasteiger partial charge in [0.25, 0.3) is 11.6 Å². The average Bonchev–Trinajstić information content (AvgIpc) is 2.98. The molecule has 10 nitrogen and oxygen atoms in total. The van der Waals surface area contributed by atoms with E-state index in [-0.39, 0.29) is 16.4 Å². The number of nitro benzene ring substituents is 1. The van der Waals surface area contributed by atoms with Gasteiger partial charge in [0, 0.05) is 68.8 Å². The molecule has 0 aromatic heterocycles. The number of hydrogen-bond acceptors (Lipinski definition) is 8. The van der Waals surface area contributed by atoms with Crippen LogP contribution < -0.4 is 20.4 Å². The maximum atomic E-state index is 12.8. The SMILES string of the molecule is O=C(NC(=S)Nc1ccc(N2CCN(Cc3ccccc3)CC2)cc1)c1ccc(N2CCOCC2)c([N+](=O)[O-])c1. The Hall–Kier alpha value is -4.06. The molecule has 1 amide bonds. The van der Waals surface area contributed by atoms with Crippen molar-refractivity contribution in [3.8, 4) is 0 Å². The Balaban J connectivity index is 1.13. The summed E-state index contributed by atoms with van der Waals surface area (Å²) in [7, 11) is 0. The third kappa shape index (κ3) is 6.92. The molecule has 2 aliphatic rings. The number of nitrogens with zero attached hydrogens (tertiary/aromatic N) is 4. The molecule has 0 spiro atoms. The number of morpholine rings is 1. The lowest BCUT2D eigenvalue weighted by Gasteiger charge is -2.36. The molecule has 11 heteroatoms. The number of ether oxygens (including phenoxy) is 1. The molecule has 2 aliphatic heterocycles. The summed E-state index contributed by atoms with van der Waals surface area (Å²) in [6.07, 6.45) is 0. The highest BCUT2D eigenvalue weighted by Gasteiger charge is 2.24. The fraction of sp³-hybridized carbons (Fsp3) is 0.310. The molecule has 208 valence electrons. The highest BCUT2D eigenvalue weighted by Crippen LogP contribution is 2.30. The van der Waals surface area contributed by atoms with Crippen LogP contribution in [0.2, 0.25) is 0 Å². The minimum atomic E-state index is -0.515. The molecule has 0 atom stereocenters. The molecule has 0 aliphatic carbocycles. The normalized spacial score (nSPS) is 15.9. The van der Waals surface area contributed by atoms with E-state index in [2.05, 4.69) is 44.7 Å². The van der Waals surface area contributed by atoms with Crippen LogP contribution in [0.5, 0.6) is 0 Å². The van der Waals surface area contributed by atoms with E-state index in [0.29, 0.717) is 32.0 Å². The van der Waals surface area contributed by atoms with Crippen molar-refractivity contribution in [1.82, 2.24) is 10.2 Å². The highest BCUT2D eigenvalue weighted by atomic mass is 32.1. The number of piperazine rings is 1. The zero-order valence-corrected chi connectivity index (χ0v) is 22.9. The van der Waals surface area contributed by atoms with E-state index in [1.165, 1.54) is 11.6 Å². The molecule has 3 aromatic rings. The van der Waals surface area contributed by atoms with Crippen molar-refractivity contribution in [3.63, 3.8) is 0 Å². The molecule has 0 saturated carbocycles. The molecule has 2 heterocycles. The van der Waals surface area contributed by atoms with Gasteiger partial charge in [0.15, 0.2) is 5.11 Å². The summed E-state index contributed by atoms with van der Waals surface area (Å²) in [6.45, 7) is 6.99. The molecular formula is C29H32N6O4S. The standard InChI is InChI=1S/C29H32N6O4S/c36-28(23-6-11-26(27(20-23)35(37)38)34-16-18-39-19-17-34)31-29(40)30-24-7-9-25(10-8-24)33-14-12-32(13-15-33)21-22-4-2-1-3-5-22/h1-11,20H,12-19,21H2,(H2,30,31,36,40). The number of hydrogen-bond donors (Lipinski definition) is 2. The summed E-state index contributed by atoms with van der Waals surface area (Å²) in [5, 5.41) is 17.5. The number of anilines is 3. The molecule has 2 fully saturated rings. The topological polar surface area (TPSA) is 103 Å². The Kier molecular flexibility index (Phi) is 8.84. The Morgan fingerprint density at radius 2 is 1.60 bits per heavy atom. The summed E-state index contributed by atoms with van der Waals surface area (Å²) < 4.78 is 5.33. The highest BCUT2D eigenvalue weighted by molar-refractivity contribution is 7.80. The van der Waals surface area contributed by atoms with Gasteiger partial charge in [-0.3, -0.25) is 25.1 Å². The molecule has 5 rings (SSSR count). The van der Waals surface area contributed by atoms with Crippen molar-refractivity contribution in [2.24, 2.45) is 0 Å². The first-order chi connectivity index (χ1) is 19.5. The number of nitro groups is 1. The van der Waals surface area contributed by atoms with Crippen LogP contribution in [-0.2, 0) is 11.3 Å². The summed E-state index contributed by atoms with van der Waals surface area (Å²) in [6, 6.07) is 22.9. The lowest BCUT2D eigenvalue weighted by molar-refractivity contribution is -0.384. The molecule has 40 heavy (non-hydrogen) atoms. The number of rotatable bonds is 7. The monoisotopic (exact) mass is 560 g/mol. The Labute approximate surface area is 238 Å². The summed E-state index contributed by atoms with van der Waals surface area (Å²) >= 11 is 5.33. The van der Waals surface area contributed by atoms with Gasteiger partial charge in [-0.25, -0.2) is 0 Å². The predicted molar refractivity (Wildman–Crippen MR) is 160 cm³/mol. The number of nitrogens with one attached hydrogen (secondary N) is 2. The lowest BCUT2D eigenvalue weighted by Crippen LogP contribution is -2.45. The van der Waals surface area contributed by atoms with Gasteiger partial charge in [0.05, 0.1) is 18.1 Å². The second kappa shape index (κ2) is 12.9. The van der Waals surface area contributed by atoms with Gasteiger partial charge in [0.2, 0.25) is 0 Å². The average molecular weight is 561 g/mol. The molecular weight excluding hydrogens is 528 g/mol. The molecule has 2 N–H and O–H groups in total. The second-order valence-electron chi connectivity index (χ2n) is 9.76. The van der Waals surface area contributed by atoms with Crippen LogP contribution in [-0.4, -0.2) is 73.3 Å². The Bertz CT molecular complexity index is 1340. The van der Waals surface area contributed by atoms with Gasteiger partial charge in [-0.05, 0) is 54.2 Å². The first-order valence-corrected chi connectivity index (χ1v) is 13.7. The van der Waals surface area contributed by atoms with Gasteiger partial charge >= 0.3 is 0 Å². The number of benzene rings is 3. The van der Waals surface area contributed by atoms with Crippen LogP contribution in [0.1, 0.15) is 15.9 Å². The van der Waals surface area contributed by atoms with Crippen molar-refractivity contribution in [3.05, 3.63) is 94.0 Å². The maximum absolute atomic E-state index is 12.8. The van der Waals surface area contributed by atoms with Crippen molar-refractivity contribution in [1.29, 1.82) is 0 Å². The third-order valence-electron chi connectivity index (χ3n) is 7.12. The van der Waals surface area contributed by atoms with E-state index in [1.807, 2.05) is 35.2 Å². The molecule has 3 aromatic carbocycles. The number of thiocarbonyl (C=S) groups is 1. The van der Waals surface area contributed by atoms with Crippen LogP contribution in [0.4, 0.5) is 22.7 Å². The van der Waals surface area contributed by atoms with Gasteiger partial charge in [-0.15, -0.1) is 0 Å². The van der Waals surface area contributed by atoms with Crippen molar-refractivity contribution in [2.75, 3.05) is 67.6 Å². The molecule has 0 radical (unpaired) electrons. The zero-order chi connectivity index (χ0) is 27.9. The van der Waals surface area contributed by atoms with Crippen molar-refractivity contribution in [2.45, 2.75) is 6.54 Å². The number of amides is 1. The van der Waals surface area contributed by atoms with Crippen molar-refractivity contribution >= 4 is 46.0 Å². The third-order valence-corrected chi connectivity index (χ3v) is 7.33. The van der Waals surface area contributed by atoms with Crippen molar-refractivity contribution < 1.29 is 14.5 Å². The molecule has 0 bridgehead atoms. The second-order valence-corrected chi connectivity index (χ2v) is 10.2. The van der Waals surface area contributed by atoms with E-state index >= 15 is 0 Å². The summed E-state index contributed by atoms with van der Waals surface area (Å²) in [5.74, 6) is -0.515. The van der Waals surface area contributed by atoms with Crippen LogP contribution in [0.25, 0.3) is 0 Å². The van der Waals surface area contributed by atoms with Crippen LogP contribution >= 0.6 is 12.2 Å². The summed E-state index contributed by atoms with van der Waals surface area (Å²) in [5.41, 5.74) is 3.72. The molecule has 2 saturated heterocycles. The van der Waals surface area contributed by atoms with Crippen LogP contribution in [0, 0.1) is 10.1 Å². The van der Waals surface area contributed by atoms with Gasteiger partial charge in [0.1, 0.15) is 5.69 Å². The van der Waals surface area contributed by atoms with E-state index in [4.69, 9.17) is 17.0 Å². The summed E-state index contributed by atoms with van der Waals surface area (Å²) in [4.78, 5) is 30.8. The van der Waals surface area contributed by atoms with E-state index in [9.17, 15) is 14.9 Å². The van der Waals surface area contributed by atoms with Gasteiger partial charge in [-0.1, -0.05) is 30.3 Å². The van der Waals surface area contributed by atoms with E-state index in [1.54, 1.807) is 12.1 Å². The quantitative estimate of drug-likeness (QED) is 0.253. The van der Waals surface area contributed by atoms with Gasteiger partial charge in [-0.2, -0.15) is 0 Å². The van der Waals surface area contributed by atoms with Crippen LogP contribution in [0.3, 0.4) is 0 Å². The predicted octanol–water partition coefficient (Wildman–Crippen LogP) is 3.88. The maximum Gasteiger partial charge on any atom is 0.293 e. The number of carbonyl (C=O) groups excluding carboxylic acids is 1. The first-order valence-electron chi connectivity index (χ1n) is 13.3. The minimum Gasteiger partial charge on any atom is -0.378 e. The first kappa shape index (κ1) is 27.5. The minimum absolute atomic E-state index is 0.118. The largest absolute Gasteiger partial charge is 0.378 e. The van der Waals surface area contributed by atoms with E-state index < -0.39 is 10.8 Å². The lowest BCUT2D eigenvalue weighted by atomic mass is 10.1. The van der Waals surface area contributed by atoms with E-state index in [0.717, 1.165) is 44.1 Å².